The van der Waals surface area contributed by atoms with Crippen molar-refractivity contribution in [1.82, 2.24) is 9.80 Å². The summed E-state index contributed by atoms with van der Waals surface area (Å²) in [5, 5.41) is 0. The van der Waals surface area contributed by atoms with Gasteiger partial charge in [-0.15, -0.1) is 0 Å². The van der Waals surface area contributed by atoms with Crippen LogP contribution in [0.2, 0.25) is 0 Å². The number of benzene rings is 2. The van der Waals surface area contributed by atoms with E-state index in [0.717, 1.165) is 43.7 Å². The highest BCUT2D eigenvalue weighted by molar-refractivity contribution is 5.84. The molecule has 0 bridgehead atoms. The van der Waals surface area contributed by atoms with Gasteiger partial charge < -0.3 is 9.80 Å². The highest BCUT2D eigenvalue weighted by Gasteiger charge is 2.39. The van der Waals surface area contributed by atoms with Crippen molar-refractivity contribution in [2.24, 2.45) is 5.92 Å². The van der Waals surface area contributed by atoms with Gasteiger partial charge in [0.1, 0.15) is 5.82 Å². The summed E-state index contributed by atoms with van der Waals surface area (Å²) in [5.74, 6) is 0.470. The van der Waals surface area contributed by atoms with Crippen molar-refractivity contribution in [2.75, 3.05) is 32.7 Å². The van der Waals surface area contributed by atoms with E-state index in [1.54, 1.807) is 12.1 Å². The van der Waals surface area contributed by atoms with Crippen LogP contribution in [0.15, 0.2) is 54.6 Å². The predicted octanol–water partition coefficient (Wildman–Crippen LogP) is 4.66. The Hall–Kier alpha value is -2.20. The van der Waals surface area contributed by atoms with Crippen LogP contribution in [-0.2, 0) is 4.79 Å². The Morgan fingerprint density at radius 1 is 1.07 bits per heavy atom. The van der Waals surface area contributed by atoms with Crippen LogP contribution in [0.3, 0.4) is 0 Å². The molecule has 2 fully saturated rings. The van der Waals surface area contributed by atoms with Gasteiger partial charge in [0.05, 0.1) is 5.92 Å². The Morgan fingerprint density at radius 3 is 2.52 bits per heavy atom. The second-order valence-corrected chi connectivity index (χ2v) is 8.54. The van der Waals surface area contributed by atoms with Gasteiger partial charge in [0, 0.05) is 25.6 Å². The molecule has 154 valence electrons. The fraction of sp³-hybridized carbons (Fsp3) is 0.480. The van der Waals surface area contributed by atoms with E-state index in [1.807, 2.05) is 41.3 Å². The van der Waals surface area contributed by atoms with Crippen LogP contribution in [0.1, 0.15) is 49.1 Å². The van der Waals surface area contributed by atoms with Gasteiger partial charge >= 0.3 is 0 Å². The average molecular weight is 395 g/mol. The third kappa shape index (κ3) is 4.53. The second-order valence-electron chi connectivity index (χ2n) is 8.54. The molecular weight excluding hydrogens is 363 g/mol. The normalized spacial score (nSPS) is 23.4. The molecule has 1 amide bonds. The molecule has 4 heteroatoms. The SMILES string of the molecule is CCC(C(=O)N1CC(CN2CCCC2)C(c2cccc(F)c2)C1)c1ccccc1. The molecule has 0 aliphatic carbocycles. The summed E-state index contributed by atoms with van der Waals surface area (Å²) in [5.41, 5.74) is 2.11. The van der Waals surface area contributed by atoms with E-state index in [4.69, 9.17) is 0 Å². The Bertz CT molecular complexity index is 819. The molecule has 3 atom stereocenters. The van der Waals surface area contributed by atoms with Crippen molar-refractivity contribution in [3.05, 3.63) is 71.5 Å². The number of rotatable bonds is 6. The molecule has 2 aliphatic rings. The number of hydrogen-bond donors (Lipinski definition) is 0. The van der Waals surface area contributed by atoms with Crippen molar-refractivity contribution in [3.8, 4) is 0 Å². The lowest BCUT2D eigenvalue weighted by molar-refractivity contribution is -0.132. The molecule has 0 saturated carbocycles. The standard InChI is InChI=1S/C25H31FN2O/c1-2-23(19-9-4-3-5-10-19)25(29)28-17-21(16-27-13-6-7-14-27)24(18-28)20-11-8-12-22(26)15-20/h3-5,8-12,15,21,23-24H,2,6-7,13-14,16-18H2,1H3. The highest BCUT2D eigenvalue weighted by atomic mass is 19.1. The Balaban J connectivity index is 1.55. The summed E-state index contributed by atoms with van der Waals surface area (Å²) in [6.07, 6.45) is 3.30. The van der Waals surface area contributed by atoms with Gasteiger partial charge in [0.2, 0.25) is 5.91 Å². The minimum atomic E-state index is -0.192. The predicted molar refractivity (Wildman–Crippen MR) is 114 cm³/mol. The molecule has 3 unspecified atom stereocenters. The lowest BCUT2D eigenvalue weighted by Crippen LogP contribution is -2.35. The summed E-state index contributed by atoms with van der Waals surface area (Å²) < 4.78 is 13.9. The molecule has 0 spiro atoms. The van der Waals surface area contributed by atoms with E-state index in [0.29, 0.717) is 12.5 Å². The molecule has 29 heavy (non-hydrogen) atoms. The number of likely N-dealkylation sites (tertiary alicyclic amines) is 2. The van der Waals surface area contributed by atoms with E-state index >= 15 is 0 Å². The number of halogens is 1. The molecular formula is C25H31FN2O. The van der Waals surface area contributed by atoms with Crippen LogP contribution in [0, 0.1) is 11.7 Å². The minimum absolute atomic E-state index is 0.102. The van der Waals surface area contributed by atoms with Crippen molar-refractivity contribution in [3.63, 3.8) is 0 Å². The first-order valence-electron chi connectivity index (χ1n) is 11.0. The van der Waals surface area contributed by atoms with E-state index in [2.05, 4.69) is 11.8 Å². The van der Waals surface area contributed by atoms with Crippen molar-refractivity contribution >= 4 is 5.91 Å². The summed E-state index contributed by atoms with van der Waals surface area (Å²) in [7, 11) is 0. The topological polar surface area (TPSA) is 23.6 Å². The first-order valence-corrected chi connectivity index (χ1v) is 11.0. The molecule has 2 aliphatic heterocycles. The number of carbonyl (C=O) groups excluding carboxylic acids is 1. The first-order chi connectivity index (χ1) is 14.2. The van der Waals surface area contributed by atoms with Gasteiger partial charge in [-0.2, -0.15) is 0 Å². The van der Waals surface area contributed by atoms with Crippen LogP contribution >= 0.6 is 0 Å². The quantitative estimate of drug-likeness (QED) is 0.712. The fourth-order valence-electron chi connectivity index (χ4n) is 5.11. The number of amides is 1. The molecule has 2 aromatic carbocycles. The van der Waals surface area contributed by atoms with E-state index < -0.39 is 0 Å². The van der Waals surface area contributed by atoms with Crippen LogP contribution < -0.4 is 0 Å². The zero-order chi connectivity index (χ0) is 20.2. The number of hydrogen-bond acceptors (Lipinski definition) is 2. The zero-order valence-corrected chi connectivity index (χ0v) is 17.3. The largest absolute Gasteiger partial charge is 0.341 e. The van der Waals surface area contributed by atoms with Crippen LogP contribution in [0.4, 0.5) is 4.39 Å². The molecule has 3 nitrogen and oxygen atoms in total. The van der Waals surface area contributed by atoms with Crippen molar-refractivity contribution < 1.29 is 9.18 Å². The maximum Gasteiger partial charge on any atom is 0.230 e. The number of nitrogens with zero attached hydrogens (tertiary/aromatic N) is 2. The first kappa shape index (κ1) is 20.1. The van der Waals surface area contributed by atoms with Crippen LogP contribution in [0.25, 0.3) is 0 Å². The molecule has 0 N–H and O–H groups in total. The number of carbonyl (C=O) groups is 1. The summed E-state index contributed by atoms with van der Waals surface area (Å²) in [6.45, 7) is 6.80. The van der Waals surface area contributed by atoms with Gasteiger partial charge in [-0.05, 0) is 61.5 Å². The second kappa shape index (κ2) is 9.08. The van der Waals surface area contributed by atoms with Gasteiger partial charge in [-0.3, -0.25) is 4.79 Å². The summed E-state index contributed by atoms with van der Waals surface area (Å²) in [6, 6.07) is 17.1. The minimum Gasteiger partial charge on any atom is -0.341 e. The van der Waals surface area contributed by atoms with E-state index in [1.165, 1.54) is 18.9 Å². The van der Waals surface area contributed by atoms with Gasteiger partial charge in [-0.1, -0.05) is 49.4 Å². The Kier molecular flexibility index (Phi) is 6.29. The Morgan fingerprint density at radius 2 is 1.83 bits per heavy atom. The van der Waals surface area contributed by atoms with Crippen LogP contribution in [0.5, 0.6) is 0 Å². The highest BCUT2D eigenvalue weighted by Crippen LogP contribution is 2.36. The molecule has 2 saturated heterocycles. The van der Waals surface area contributed by atoms with Gasteiger partial charge in [-0.25, -0.2) is 4.39 Å². The smallest absolute Gasteiger partial charge is 0.230 e. The van der Waals surface area contributed by atoms with E-state index in [-0.39, 0.29) is 23.6 Å². The zero-order valence-electron chi connectivity index (χ0n) is 17.3. The molecule has 0 aromatic heterocycles. The molecule has 4 rings (SSSR count). The summed E-state index contributed by atoms with van der Waals surface area (Å²) in [4.78, 5) is 18.0. The lowest BCUT2D eigenvalue weighted by Gasteiger charge is -2.24. The average Bonchev–Trinajstić information content (AvgIpc) is 3.40. The van der Waals surface area contributed by atoms with Crippen molar-refractivity contribution in [1.29, 1.82) is 0 Å². The molecule has 2 heterocycles. The summed E-state index contributed by atoms with van der Waals surface area (Å²) >= 11 is 0. The fourth-order valence-corrected chi connectivity index (χ4v) is 5.11. The van der Waals surface area contributed by atoms with Gasteiger partial charge in [0.15, 0.2) is 0 Å². The maximum atomic E-state index is 13.9. The third-order valence-electron chi connectivity index (χ3n) is 6.63. The molecule has 0 radical (unpaired) electrons. The van der Waals surface area contributed by atoms with Crippen molar-refractivity contribution in [2.45, 2.75) is 38.0 Å². The lowest BCUT2D eigenvalue weighted by atomic mass is 9.88. The maximum absolute atomic E-state index is 13.9. The van der Waals surface area contributed by atoms with Gasteiger partial charge in [0.25, 0.3) is 0 Å². The molecule has 2 aromatic rings. The Labute approximate surface area is 173 Å². The third-order valence-corrected chi connectivity index (χ3v) is 6.63. The monoisotopic (exact) mass is 394 g/mol. The van der Waals surface area contributed by atoms with E-state index in [9.17, 15) is 9.18 Å². The van der Waals surface area contributed by atoms with Crippen LogP contribution in [-0.4, -0.2) is 48.4 Å².